The summed E-state index contributed by atoms with van der Waals surface area (Å²) in [4.78, 5) is 53.6. The van der Waals surface area contributed by atoms with Gasteiger partial charge < -0.3 is 39.4 Å². The molecule has 0 aliphatic carbocycles. The monoisotopic (exact) mass is 634 g/mol. The van der Waals surface area contributed by atoms with Crippen LogP contribution in [0.25, 0.3) is 0 Å². The van der Waals surface area contributed by atoms with Gasteiger partial charge in [0.05, 0.1) is 35.4 Å². The predicted octanol–water partition coefficient (Wildman–Crippen LogP) is 4.99. The third kappa shape index (κ3) is 7.61. The van der Waals surface area contributed by atoms with Gasteiger partial charge in [0.15, 0.2) is 0 Å². The van der Waals surface area contributed by atoms with Crippen LogP contribution in [-0.4, -0.2) is 73.3 Å². The molecule has 0 aromatic heterocycles. The summed E-state index contributed by atoms with van der Waals surface area (Å²) in [6, 6.07) is 12.3. The first-order valence-electron chi connectivity index (χ1n) is 15.2. The van der Waals surface area contributed by atoms with Crippen LogP contribution in [0.3, 0.4) is 0 Å². The standard InChI is InChI=1S/C34H42N4O8/c1-19(2)45-31(39)27-21(5)37(7)33(41)35-29(27)23-9-13-25(14-10-23)43-17-18-44-26-15-11-24(12-16-26)30-28(32(40)46-20(3)4)22(6)38(8)34(42)36-30/h9-16,19-20,29-30H,17-18H2,1-8H3,(H,35,41)(H,36,42). The van der Waals surface area contributed by atoms with E-state index in [0.717, 1.165) is 0 Å². The molecule has 2 atom stereocenters. The fourth-order valence-corrected chi connectivity index (χ4v) is 5.09. The number of ether oxygens (including phenoxy) is 4. The van der Waals surface area contributed by atoms with Crippen LogP contribution in [0, 0.1) is 0 Å². The maximum absolute atomic E-state index is 12.9. The molecule has 2 heterocycles. The number of esters is 2. The minimum absolute atomic E-state index is 0.259. The number of urea groups is 2. The van der Waals surface area contributed by atoms with Gasteiger partial charge in [0.25, 0.3) is 0 Å². The van der Waals surface area contributed by atoms with E-state index in [1.54, 1.807) is 104 Å². The molecular formula is C34H42N4O8. The van der Waals surface area contributed by atoms with Crippen LogP contribution in [0.15, 0.2) is 71.1 Å². The molecule has 0 bridgehead atoms. The molecule has 46 heavy (non-hydrogen) atoms. The smallest absolute Gasteiger partial charge is 0.338 e. The first-order chi connectivity index (χ1) is 21.8. The Morgan fingerprint density at radius 3 is 1.28 bits per heavy atom. The van der Waals surface area contributed by atoms with Crippen LogP contribution in [0.5, 0.6) is 11.5 Å². The van der Waals surface area contributed by atoms with Gasteiger partial charge in [0.1, 0.15) is 24.7 Å². The summed E-state index contributed by atoms with van der Waals surface area (Å²) in [5.41, 5.74) is 3.24. The maximum atomic E-state index is 12.9. The normalized spacial score (nSPS) is 18.5. The molecular weight excluding hydrogens is 592 g/mol. The van der Waals surface area contributed by atoms with E-state index in [1.165, 1.54) is 9.80 Å². The summed E-state index contributed by atoms with van der Waals surface area (Å²) < 4.78 is 22.6. The molecule has 2 aliphatic rings. The number of nitrogens with one attached hydrogen (secondary N) is 2. The van der Waals surface area contributed by atoms with E-state index < -0.39 is 24.0 Å². The number of benzene rings is 2. The molecule has 2 aliphatic heterocycles. The Kier molecular flexibility index (Phi) is 10.6. The van der Waals surface area contributed by atoms with Gasteiger partial charge in [-0.15, -0.1) is 0 Å². The van der Waals surface area contributed by atoms with Gasteiger partial charge in [-0.05, 0) is 76.9 Å². The number of hydrogen-bond acceptors (Lipinski definition) is 8. The fourth-order valence-electron chi connectivity index (χ4n) is 5.09. The zero-order chi connectivity index (χ0) is 33.7. The van der Waals surface area contributed by atoms with E-state index in [0.29, 0.717) is 45.2 Å². The molecule has 2 unspecified atom stereocenters. The number of allylic oxidation sites excluding steroid dienone is 2. The van der Waals surface area contributed by atoms with Crippen molar-refractivity contribution in [2.75, 3.05) is 27.3 Å². The van der Waals surface area contributed by atoms with Crippen molar-refractivity contribution < 1.29 is 38.1 Å². The van der Waals surface area contributed by atoms with Crippen LogP contribution in [0.1, 0.15) is 64.8 Å². The quantitative estimate of drug-likeness (QED) is 0.261. The van der Waals surface area contributed by atoms with Crippen molar-refractivity contribution in [1.82, 2.24) is 20.4 Å². The van der Waals surface area contributed by atoms with Gasteiger partial charge in [-0.25, -0.2) is 19.2 Å². The van der Waals surface area contributed by atoms with Crippen LogP contribution < -0.4 is 20.1 Å². The number of amides is 4. The second-order valence-corrected chi connectivity index (χ2v) is 11.6. The number of rotatable bonds is 11. The lowest BCUT2D eigenvalue weighted by atomic mass is 9.95. The SMILES string of the molecule is CC1=C(C(=O)OC(C)C)C(c2ccc(OCCOc3ccc(C4NC(=O)N(C)C(C)=C4C(=O)OC(C)C)cc3)cc2)NC(=O)N1C. The van der Waals surface area contributed by atoms with Crippen molar-refractivity contribution in [3.63, 3.8) is 0 Å². The molecule has 2 N–H and O–H groups in total. The van der Waals surface area contributed by atoms with Crippen LogP contribution in [-0.2, 0) is 19.1 Å². The Bertz CT molecular complexity index is 1410. The van der Waals surface area contributed by atoms with Gasteiger partial charge in [0, 0.05) is 25.5 Å². The summed E-state index contributed by atoms with van der Waals surface area (Å²) >= 11 is 0. The highest BCUT2D eigenvalue weighted by atomic mass is 16.5. The Hall–Kier alpha value is -5.00. The largest absolute Gasteiger partial charge is 0.490 e. The fraction of sp³-hybridized carbons (Fsp3) is 0.412. The average Bonchev–Trinajstić information content (AvgIpc) is 3.00. The average molecular weight is 635 g/mol. The Labute approximate surface area is 269 Å². The Balaban J connectivity index is 1.36. The number of carbonyl (C=O) groups is 4. The maximum Gasteiger partial charge on any atom is 0.338 e. The lowest BCUT2D eigenvalue weighted by Crippen LogP contribution is -2.46. The van der Waals surface area contributed by atoms with E-state index in [4.69, 9.17) is 18.9 Å². The lowest BCUT2D eigenvalue weighted by Gasteiger charge is -2.33. The molecule has 2 aromatic rings. The van der Waals surface area contributed by atoms with Crippen molar-refractivity contribution in [2.45, 2.75) is 65.8 Å². The summed E-state index contributed by atoms with van der Waals surface area (Å²) in [6.07, 6.45) is -0.604. The first-order valence-corrected chi connectivity index (χ1v) is 15.2. The third-order valence-electron chi connectivity index (χ3n) is 7.68. The molecule has 4 rings (SSSR count). The lowest BCUT2D eigenvalue weighted by molar-refractivity contribution is -0.144. The molecule has 0 fully saturated rings. The van der Waals surface area contributed by atoms with E-state index >= 15 is 0 Å². The molecule has 4 amide bonds. The van der Waals surface area contributed by atoms with E-state index in [2.05, 4.69) is 10.6 Å². The van der Waals surface area contributed by atoms with Gasteiger partial charge in [0.2, 0.25) is 0 Å². The molecule has 246 valence electrons. The Morgan fingerprint density at radius 2 is 0.978 bits per heavy atom. The van der Waals surface area contributed by atoms with Gasteiger partial charge >= 0.3 is 24.0 Å². The summed E-state index contributed by atoms with van der Waals surface area (Å²) in [5, 5.41) is 5.75. The van der Waals surface area contributed by atoms with E-state index in [1.807, 2.05) is 0 Å². The number of nitrogens with zero attached hydrogens (tertiary/aromatic N) is 2. The molecule has 2 aromatic carbocycles. The zero-order valence-corrected chi connectivity index (χ0v) is 27.5. The topological polar surface area (TPSA) is 136 Å². The minimum atomic E-state index is -0.658. The van der Waals surface area contributed by atoms with Crippen molar-refractivity contribution in [2.24, 2.45) is 0 Å². The number of carbonyl (C=O) groups excluding carboxylic acids is 4. The summed E-state index contributed by atoms with van der Waals surface area (Å²) in [6.45, 7) is 11.1. The minimum Gasteiger partial charge on any atom is -0.490 e. The van der Waals surface area contributed by atoms with Crippen molar-refractivity contribution in [3.8, 4) is 11.5 Å². The second kappa shape index (κ2) is 14.4. The van der Waals surface area contributed by atoms with Crippen LogP contribution in [0.4, 0.5) is 9.59 Å². The molecule has 0 spiro atoms. The molecule has 0 saturated heterocycles. The predicted molar refractivity (Wildman–Crippen MR) is 170 cm³/mol. The van der Waals surface area contributed by atoms with Gasteiger partial charge in [-0.3, -0.25) is 0 Å². The molecule has 12 nitrogen and oxygen atoms in total. The van der Waals surface area contributed by atoms with Crippen LogP contribution >= 0.6 is 0 Å². The highest BCUT2D eigenvalue weighted by Crippen LogP contribution is 2.33. The van der Waals surface area contributed by atoms with E-state index in [-0.39, 0.29) is 37.5 Å². The molecule has 12 heteroatoms. The summed E-state index contributed by atoms with van der Waals surface area (Å²) in [7, 11) is 3.21. The Morgan fingerprint density at radius 1 is 0.652 bits per heavy atom. The van der Waals surface area contributed by atoms with E-state index in [9.17, 15) is 19.2 Å². The highest BCUT2D eigenvalue weighted by molar-refractivity contribution is 5.96. The van der Waals surface area contributed by atoms with Gasteiger partial charge in [-0.1, -0.05) is 24.3 Å². The highest BCUT2D eigenvalue weighted by Gasteiger charge is 2.36. The van der Waals surface area contributed by atoms with Crippen molar-refractivity contribution >= 4 is 24.0 Å². The van der Waals surface area contributed by atoms with Crippen molar-refractivity contribution in [1.29, 1.82) is 0 Å². The summed E-state index contributed by atoms with van der Waals surface area (Å²) in [5.74, 6) is 0.225. The molecule has 0 saturated carbocycles. The zero-order valence-electron chi connectivity index (χ0n) is 27.5. The first kappa shape index (κ1) is 33.9. The molecule has 0 radical (unpaired) electrons. The van der Waals surface area contributed by atoms with Crippen LogP contribution in [0.2, 0.25) is 0 Å². The second-order valence-electron chi connectivity index (χ2n) is 11.6. The van der Waals surface area contributed by atoms with Crippen molar-refractivity contribution in [3.05, 3.63) is 82.2 Å². The number of hydrogen-bond donors (Lipinski definition) is 2. The third-order valence-corrected chi connectivity index (χ3v) is 7.68. The van der Waals surface area contributed by atoms with Gasteiger partial charge in [-0.2, -0.15) is 0 Å².